The molecule has 2 rings (SSSR count). The van der Waals surface area contributed by atoms with Gasteiger partial charge in [0.25, 0.3) is 0 Å². The molecule has 0 spiro atoms. The number of aliphatic hydroxyl groups is 4. The van der Waals surface area contributed by atoms with E-state index >= 15 is 0 Å². The van der Waals surface area contributed by atoms with Crippen molar-refractivity contribution in [1.29, 1.82) is 0 Å². The number of aliphatic hydroxyl groups excluding tert-OH is 4. The highest BCUT2D eigenvalue weighted by molar-refractivity contribution is 8.14. The van der Waals surface area contributed by atoms with E-state index < -0.39 is 52.8 Å². The molecule has 1 aromatic rings. The standard InChI is InChI=1S/C17H23NO11S2/c19-9-11-13(20)14(21)15(22)17(28-11)30-12(18-29-31(24,25)26)7-4-8-27-16(23)10-5-2-1-3-6-10/h1-3,5-6,11,13-15,17,19-22H,4,7-9H2,(H,24,25,26)/b18-12+/t11-,13-,14+,15-,17+/m1/s1. The average molecular weight is 482 g/mol. The van der Waals surface area contributed by atoms with Gasteiger partial charge in [-0.25, -0.2) is 9.08 Å². The van der Waals surface area contributed by atoms with Crippen LogP contribution in [0.4, 0.5) is 0 Å². The van der Waals surface area contributed by atoms with Gasteiger partial charge in [0.15, 0.2) is 0 Å². The van der Waals surface area contributed by atoms with Gasteiger partial charge in [0.1, 0.15) is 34.9 Å². The number of nitrogens with zero attached hydrogens (tertiary/aromatic N) is 1. The van der Waals surface area contributed by atoms with Crippen LogP contribution >= 0.6 is 11.8 Å². The maximum absolute atomic E-state index is 11.9. The number of oxime groups is 1. The first-order valence-corrected chi connectivity index (χ1v) is 11.3. The molecule has 0 aliphatic carbocycles. The molecule has 0 bridgehead atoms. The van der Waals surface area contributed by atoms with Gasteiger partial charge in [0.05, 0.1) is 18.8 Å². The molecule has 1 aliphatic rings. The number of benzene rings is 1. The van der Waals surface area contributed by atoms with Crippen LogP contribution in [0.3, 0.4) is 0 Å². The van der Waals surface area contributed by atoms with Gasteiger partial charge in [-0.1, -0.05) is 35.1 Å². The first kappa shape index (κ1) is 25.5. The summed E-state index contributed by atoms with van der Waals surface area (Å²) in [6.07, 6.45) is -5.84. The minimum Gasteiger partial charge on any atom is -0.462 e. The molecule has 1 fully saturated rings. The van der Waals surface area contributed by atoms with E-state index in [1.807, 2.05) is 0 Å². The van der Waals surface area contributed by atoms with Crippen LogP contribution in [0.15, 0.2) is 35.5 Å². The number of hydrogen-bond acceptors (Lipinski definition) is 12. The van der Waals surface area contributed by atoms with Gasteiger partial charge in [-0.05, 0) is 18.6 Å². The second kappa shape index (κ2) is 11.7. The monoisotopic (exact) mass is 481 g/mol. The Bertz CT molecular complexity index is 847. The highest BCUT2D eigenvalue weighted by atomic mass is 32.3. The second-order valence-electron chi connectivity index (χ2n) is 6.41. The molecule has 1 saturated heterocycles. The van der Waals surface area contributed by atoms with E-state index in [-0.39, 0.29) is 24.5 Å². The third-order valence-electron chi connectivity index (χ3n) is 4.11. The van der Waals surface area contributed by atoms with Crippen LogP contribution in [-0.2, 0) is 24.2 Å². The molecule has 0 amide bonds. The summed E-state index contributed by atoms with van der Waals surface area (Å²) in [7, 11) is -4.91. The third-order valence-corrected chi connectivity index (χ3v) is 5.55. The van der Waals surface area contributed by atoms with Crippen LogP contribution in [0, 0.1) is 0 Å². The number of carbonyl (C=O) groups excluding carboxylic acids is 1. The zero-order valence-corrected chi connectivity index (χ0v) is 17.7. The summed E-state index contributed by atoms with van der Waals surface area (Å²) < 4.78 is 44.8. The van der Waals surface area contributed by atoms with Crippen LogP contribution < -0.4 is 0 Å². The predicted octanol–water partition coefficient (Wildman–Crippen LogP) is -0.710. The molecule has 174 valence electrons. The molecule has 1 heterocycles. The molecule has 12 nitrogen and oxygen atoms in total. The summed E-state index contributed by atoms with van der Waals surface area (Å²) in [5, 5.41) is 42.2. The van der Waals surface area contributed by atoms with E-state index in [1.54, 1.807) is 30.3 Å². The van der Waals surface area contributed by atoms with E-state index in [1.165, 1.54) is 0 Å². The van der Waals surface area contributed by atoms with E-state index in [9.17, 15) is 33.6 Å². The van der Waals surface area contributed by atoms with Crippen molar-refractivity contribution >= 4 is 33.2 Å². The lowest BCUT2D eigenvalue weighted by molar-refractivity contribution is -0.205. The van der Waals surface area contributed by atoms with Crippen molar-refractivity contribution in [3.8, 4) is 0 Å². The average Bonchev–Trinajstić information content (AvgIpc) is 2.74. The number of thioether (sulfide) groups is 1. The topological polar surface area (TPSA) is 192 Å². The first-order valence-electron chi connectivity index (χ1n) is 9.04. The van der Waals surface area contributed by atoms with Crippen LogP contribution in [0.2, 0.25) is 0 Å². The van der Waals surface area contributed by atoms with Crippen molar-refractivity contribution in [1.82, 2.24) is 0 Å². The Labute approximate surface area is 182 Å². The first-order chi connectivity index (χ1) is 14.6. The Morgan fingerprint density at radius 2 is 1.81 bits per heavy atom. The Balaban J connectivity index is 1.98. The molecule has 1 aromatic carbocycles. The van der Waals surface area contributed by atoms with Crippen molar-refractivity contribution in [2.45, 2.75) is 42.7 Å². The highest BCUT2D eigenvalue weighted by Gasteiger charge is 2.44. The Kier molecular flexibility index (Phi) is 9.64. The molecule has 0 saturated carbocycles. The molecule has 5 N–H and O–H groups in total. The lowest BCUT2D eigenvalue weighted by Gasteiger charge is -2.39. The summed E-state index contributed by atoms with van der Waals surface area (Å²) in [6.45, 7) is -0.709. The third kappa shape index (κ3) is 8.01. The summed E-state index contributed by atoms with van der Waals surface area (Å²) in [5.74, 6) is -0.560. The van der Waals surface area contributed by atoms with Crippen LogP contribution in [-0.4, -0.2) is 87.5 Å². The van der Waals surface area contributed by atoms with Gasteiger partial charge in [-0.15, -0.1) is 0 Å². The number of carbonyl (C=O) groups is 1. The van der Waals surface area contributed by atoms with Crippen LogP contribution in [0.5, 0.6) is 0 Å². The van der Waals surface area contributed by atoms with Crippen molar-refractivity contribution in [2.75, 3.05) is 13.2 Å². The molecule has 1 aliphatic heterocycles. The molecule has 31 heavy (non-hydrogen) atoms. The van der Waals surface area contributed by atoms with Gasteiger partial charge in [0.2, 0.25) is 0 Å². The number of esters is 1. The Hall–Kier alpha value is -1.78. The molecule has 0 radical (unpaired) electrons. The fourth-order valence-electron chi connectivity index (χ4n) is 2.56. The lowest BCUT2D eigenvalue weighted by Crippen LogP contribution is -2.57. The van der Waals surface area contributed by atoms with Gasteiger partial charge < -0.3 is 29.9 Å². The Morgan fingerprint density at radius 3 is 2.42 bits per heavy atom. The fourth-order valence-corrected chi connectivity index (χ4v) is 3.90. The lowest BCUT2D eigenvalue weighted by atomic mass is 10.0. The van der Waals surface area contributed by atoms with E-state index in [2.05, 4.69) is 9.44 Å². The second-order valence-corrected chi connectivity index (χ2v) is 8.58. The van der Waals surface area contributed by atoms with Crippen molar-refractivity contribution < 1.29 is 51.9 Å². The number of hydrogen-bond donors (Lipinski definition) is 5. The molecule has 14 heteroatoms. The Morgan fingerprint density at radius 1 is 1.13 bits per heavy atom. The minimum absolute atomic E-state index is 0.0166. The summed E-state index contributed by atoms with van der Waals surface area (Å²) >= 11 is 0.649. The molecule has 5 atom stereocenters. The molecular weight excluding hydrogens is 458 g/mol. The van der Waals surface area contributed by atoms with Gasteiger partial charge in [-0.3, -0.25) is 4.55 Å². The van der Waals surface area contributed by atoms with Gasteiger partial charge in [-0.2, -0.15) is 8.42 Å². The molecule has 0 aromatic heterocycles. The maximum atomic E-state index is 11.9. The zero-order valence-electron chi connectivity index (χ0n) is 16.1. The highest BCUT2D eigenvalue weighted by Crippen LogP contribution is 2.30. The normalized spacial score (nSPS) is 27.0. The van der Waals surface area contributed by atoms with Gasteiger partial charge >= 0.3 is 16.4 Å². The molecule has 0 unspecified atom stereocenters. The van der Waals surface area contributed by atoms with E-state index in [0.717, 1.165) is 0 Å². The van der Waals surface area contributed by atoms with E-state index in [0.29, 0.717) is 17.3 Å². The minimum atomic E-state index is -4.91. The van der Waals surface area contributed by atoms with Crippen molar-refractivity contribution in [2.24, 2.45) is 5.16 Å². The number of rotatable bonds is 9. The summed E-state index contributed by atoms with van der Waals surface area (Å²) in [5.41, 5.74) is -0.895. The zero-order chi connectivity index (χ0) is 23.0. The van der Waals surface area contributed by atoms with Crippen molar-refractivity contribution in [3.63, 3.8) is 0 Å². The maximum Gasteiger partial charge on any atom is 0.466 e. The quantitative estimate of drug-likeness (QED) is 0.0744. The van der Waals surface area contributed by atoms with Crippen molar-refractivity contribution in [3.05, 3.63) is 35.9 Å². The largest absolute Gasteiger partial charge is 0.466 e. The summed E-state index contributed by atoms with van der Waals surface area (Å²) in [6, 6.07) is 8.23. The SMILES string of the molecule is O=C(OCCC/C(=N\OS(=O)(=O)O)S[C@@H]1O[C@H](CO)[C@@H](O)[C@H](O)[C@H]1O)c1ccccc1. The molecular formula is C17H23NO11S2. The fraction of sp³-hybridized carbons (Fsp3) is 0.529. The predicted molar refractivity (Wildman–Crippen MR) is 107 cm³/mol. The summed E-state index contributed by atoms with van der Waals surface area (Å²) in [4.78, 5) is 11.9. The number of ether oxygens (including phenoxy) is 2. The van der Waals surface area contributed by atoms with E-state index in [4.69, 9.17) is 14.0 Å². The van der Waals surface area contributed by atoms with Crippen LogP contribution in [0.1, 0.15) is 23.2 Å². The smallest absolute Gasteiger partial charge is 0.462 e. The van der Waals surface area contributed by atoms with Gasteiger partial charge in [0, 0.05) is 6.42 Å². The van der Waals surface area contributed by atoms with Crippen LogP contribution in [0.25, 0.3) is 0 Å².